The molecule has 2 aromatic rings. The fourth-order valence-corrected chi connectivity index (χ4v) is 4.30. The van der Waals surface area contributed by atoms with E-state index in [1.54, 1.807) is 0 Å². The van der Waals surface area contributed by atoms with Gasteiger partial charge in [-0.25, -0.2) is 4.98 Å². The number of hydrogen-bond acceptors (Lipinski definition) is 3. The second-order valence-corrected chi connectivity index (χ2v) is 6.93. The van der Waals surface area contributed by atoms with E-state index in [2.05, 4.69) is 43.1 Å². The van der Waals surface area contributed by atoms with Gasteiger partial charge in [0.25, 0.3) is 0 Å². The Kier molecular flexibility index (Phi) is 3.85. The Labute approximate surface area is 119 Å². The highest BCUT2D eigenvalue weighted by molar-refractivity contribution is 7.18. The number of hydrogen-bond donors (Lipinski definition) is 0. The van der Waals surface area contributed by atoms with Gasteiger partial charge in [0.05, 0.1) is 16.8 Å². The first-order valence-corrected chi connectivity index (χ1v) is 8.10. The summed E-state index contributed by atoms with van der Waals surface area (Å²) < 4.78 is 1.31. The largest absolute Gasteiger partial charge is 0.296 e. The van der Waals surface area contributed by atoms with Crippen molar-refractivity contribution in [3.8, 4) is 0 Å². The van der Waals surface area contributed by atoms with E-state index in [1.807, 2.05) is 11.3 Å². The van der Waals surface area contributed by atoms with Crippen molar-refractivity contribution in [2.45, 2.75) is 45.2 Å². The molecule has 1 aromatic heterocycles. The average molecular weight is 274 g/mol. The minimum Gasteiger partial charge on any atom is -0.296 e. The van der Waals surface area contributed by atoms with Crippen LogP contribution < -0.4 is 0 Å². The van der Waals surface area contributed by atoms with E-state index in [4.69, 9.17) is 4.98 Å². The van der Waals surface area contributed by atoms with Crippen molar-refractivity contribution in [2.24, 2.45) is 5.92 Å². The normalized spacial score (nSPS) is 24.2. The van der Waals surface area contributed by atoms with Gasteiger partial charge in [0.15, 0.2) is 0 Å². The molecule has 0 amide bonds. The highest BCUT2D eigenvalue weighted by Crippen LogP contribution is 2.29. The molecule has 1 aromatic carbocycles. The van der Waals surface area contributed by atoms with Crippen LogP contribution in [0.5, 0.6) is 0 Å². The summed E-state index contributed by atoms with van der Waals surface area (Å²) in [6.07, 6.45) is 5.53. The molecule has 0 bridgehead atoms. The fourth-order valence-electron chi connectivity index (χ4n) is 3.27. The van der Waals surface area contributed by atoms with Crippen molar-refractivity contribution in [1.82, 2.24) is 9.88 Å². The Morgan fingerprint density at radius 2 is 2.05 bits per heavy atom. The molecule has 19 heavy (non-hydrogen) atoms. The van der Waals surface area contributed by atoms with Crippen LogP contribution in [0, 0.1) is 5.92 Å². The van der Waals surface area contributed by atoms with Gasteiger partial charge in [-0.3, -0.25) is 4.90 Å². The van der Waals surface area contributed by atoms with Crippen molar-refractivity contribution in [2.75, 3.05) is 7.05 Å². The molecule has 2 atom stereocenters. The average Bonchev–Trinajstić information content (AvgIpc) is 2.81. The smallest absolute Gasteiger partial charge is 0.108 e. The van der Waals surface area contributed by atoms with Crippen LogP contribution in [0.4, 0.5) is 0 Å². The maximum atomic E-state index is 4.75. The van der Waals surface area contributed by atoms with Crippen molar-refractivity contribution in [1.29, 1.82) is 0 Å². The SMILES string of the molecule is CC1CCCCC1N(C)Cc1nc2ccccc2s1. The number of aromatic nitrogens is 1. The van der Waals surface area contributed by atoms with Gasteiger partial charge in [0.1, 0.15) is 5.01 Å². The molecule has 3 heteroatoms. The van der Waals surface area contributed by atoms with Crippen LogP contribution in [0.3, 0.4) is 0 Å². The van der Waals surface area contributed by atoms with Gasteiger partial charge in [0, 0.05) is 6.04 Å². The van der Waals surface area contributed by atoms with E-state index >= 15 is 0 Å². The standard InChI is InChI=1S/C16H22N2S/c1-12-7-3-5-9-14(12)18(2)11-16-17-13-8-4-6-10-15(13)19-16/h4,6,8,10,12,14H,3,5,7,9,11H2,1-2H3. The summed E-state index contributed by atoms with van der Waals surface area (Å²) in [5.41, 5.74) is 1.15. The molecule has 102 valence electrons. The number of rotatable bonds is 3. The summed E-state index contributed by atoms with van der Waals surface area (Å²) in [4.78, 5) is 7.26. The molecule has 1 aliphatic carbocycles. The van der Waals surface area contributed by atoms with Crippen LogP contribution in [0.15, 0.2) is 24.3 Å². The maximum Gasteiger partial charge on any atom is 0.108 e. The van der Waals surface area contributed by atoms with E-state index in [1.165, 1.54) is 35.4 Å². The predicted octanol–water partition coefficient (Wildman–Crippen LogP) is 4.31. The number of fused-ring (bicyclic) bond motifs is 1. The van der Waals surface area contributed by atoms with E-state index in [0.717, 1.165) is 24.0 Å². The number of para-hydroxylation sites is 1. The first-order chi connectivity index (χ1) is 9.24. The van der Waals surface area contributed by atoms with Gasteiger partial charge in [0.2, 0.25) is 0 Å². The Bertz CT molecular complexity index is 515. The van der Waals surface area contributed by atoms with E-state index in [0.29, 0.717) is 0 Å². The molecule has 3 rings (SSSR count). The van der Waals surface area contributed by atoms with Crippen LogP contribution in [0.25, 0.3) is 10.2 Å². The van der Waals surface area contributed by atoms with Gasteiger partial charge in [-0.15, -0.1) is 11.3 Å². The minimum atomic E-state index is 0.737. The summed E-state index contributed by atoms with van der Waals surface area (Å²) in [5, 5.41) is 1.25. The molecule has 0 saturated heterocycles. The van der Waals surface area contributed by atoms with Crippen LogP contribution in [0.2, 0.25) is 0 Å². The lowest BCUT2D eigenvalue weighted by Gasteiger charge is -2.35. The van der Waals surface area contributed by atoms with Crippen molar-refractivity contribution in [3.63, 3.8) is 0 Å². The molecule has 0 radical (unpaired) electrons. The molecule has 0 N–H and O–H groups in total. The monoisotopic (exact) mass is 274 g/mol. The predicted molar refractivity (Wildman–Crippen MR) is 82.5 cm³/mol. The highest BCUT2D eigenvalue weighted by atomic mass is 32.1. The van der Waals surface area contributed by atoms with E-state index in [-0.39, 0.29) is 0 Å². The zero-order valence-electron chi connectivity index (χ0n) is 11.8. The van der Waals surface area contributed by atoms with Gasteiger partial charge in [-0.2, -0.15) is 0 Å². The van der Waals surface area contributed by atoms with E-state index < -0.39 is 0 Å². The Morgan fingerprint density at radius 1 is 1.26 bits per heavy atom. The second-order valence-electron chi connectivity index (χ2n) is 5.82. The lowest BCUT2D eigenvalue weighted by Crippen LogP contribution is -2.38. The summed E-state index contributed by atoms with van der Waals surface area (Å²) in [6.45, 7) is 3.40. The molecule has 1 aliphatic rings. The number of nitrogens with zero attached hydrogens (tertiary/aromatic N) is 2. The van der Waals surface area contributed by atoms with Crippen LogP contribution >= 0.6 is 11.3 Å². The molecular weight excluding hydrogens is 252 g/mol. The Hall–Kier alpha value is -0.930. The zero-order chi connectivity index (χ0) is 13.2. The molecule has 1 fully saturated rings. The minimum absolute atomic E-state index is 0.737. The summed E-state index contributed by atoms with van der Waals surface area (Å²) in [6, 6.07) is 9.18. The van der Waals surface area contributed by atoms with Crippen molar-refractivity contribution < 1.29 is 0 Å². The van der Waals surface area contributed by atoms with Crippen LogP contribution in [0.1, 0.15) is 37.6 Å². The van der Waals surface area contributed by atoms with Gasteiger partial charge in [-0.05, 0) is 37.9 Å². The molecule has 1 heterocycles. The molecule has 1 saturated carbocycles. The first-order valence-electron chi connectivity index (χ1n) is 7.29. The third-order valence-electron chi connectivity index (χ3n) is 4.36. The summed E-state index contributed by atoms with van der Waals surface area (Å²) in [5.74, 6) is 0.827. The zero-order valence-corrected chi connectivity index (χ0v) is 12.6. The molecular formula is C16H22N2S. The summed E-state index contributed by atoms with van der Waals surface area (Å²) >= 11 is 1.84. The third-order valence-corrected chi connectivity index (χ3v) is 5.38. The van der Waals surface area contributed by atoms with Gasteiger partial charge >= 0.3 is 0 Å². The molecule has 2 nitrogen and oxygen atoms in total. The Balaban J connectivity index is 1.73. The fraction of sp³-hybridized carbons (Fsp3) is 0.562. The number of thiazole rings is 1. The van der Waals surface area contributed by atoms with Crippen molar-refractivity contribution in [3.05, 3.63) is 29.3 Å². The van der Waals surface area contributed by atoms with E-state index in [9.17, 15) is 0 Å². The van der Waals surface area contributed by atoms with Gasteiger partial charge < -0.3 is 0 Å². The Morgan fingerprint density at radius 3 is 2.84 bits per heavy atom. The molecule has 0 aliphatic heterocycles. The van der Waals surface area contributed by atoms with Gasteiger partial charge in [-0.1, -0.05) is 31.9 Å². The lowest BCUT2D eigenvalue weighted by molar-refractivity contribution is 0.133. The highest BCUT2D eigenvalue weighted by Gasteiger charge is 2.25. The maximum absolute atomic E-state index is 4.75. The molecule has 0 spiro atoms. The topological polar surface area (TPSA) is 16.1 Å². The van der Waals surface area contributed by atoms with Crippen LogP contribution in [-0.2, 0) is 6.54 Å². The van der Waals surface area contributed by atoms with Crippen LogP contribution in [-0.4, -0.2) is 23.0 Å². The first kappa shape index (κ1) is 13.1. The third kappa shape index (κ3) is 2.82. The second kappa shape index (κ2) is 5.59. The summed E-state index contributed by atoms with van der Waals surface area (Å²) in [7, 11) is 2.26. The number of benzene rings is 1. The van der Waals surface area contributed by atoms with Crippen molar-refractivity contribution >= 4 is 21.6 Å². The quantitative estimate of drug-likeness (QED) is 0.829. The lowest BCUT2D eigenvalue weighted by atomic mass is 9.85. The molecule has 2 unspecified atom stereocenters.